The molecule has 2 atom stereocenters. The molecule has 1 aliphatic rings. The highest BCUT2D eigenvalue weighted by atomic mass is 16.6. The molecule has 2 aromatic rings. The normalized spacial score (nSPS) is 17.8. The van der Waals surface area contributed by atoms with Gasteiger partial charge in [0.05, 0.1) is 13.2 Å². The number of alkyl carbamates (subject to hydrolysis) is 1. The van der Waals surface area contributed by atoms with Gasteiger partial charge < -0.3 is 19.5 Å². The molecule has 1 N–H and O–H groups in total. The Labute approximate surface area is 174 Å². The standard InChI is InChI=1S/C22H24N2O6/c1-28-20(25)19-18(23-21(26)29-14-16-8-4-2-5-9-16)12-13-24(19)22(27)30-15-17-10-6-3-7-11-17/h2-11,18-19H,12-15H2,1H3,(H,23,26)/t18-,19+/m0/s1. The summed E-state index contributed by atoms with van der Waals surface area (Å²) in [5.74, 6) is -0.627. The number of carbonyl (C=O) groups is 3. The molecule has 2 amide bonds. The minimum Gasteiger partial charge on any atom is -0.467 e. The van der Waals surface area contributed by atoms with Crippen molar-refractivity contribution in [2.24, 2.45) is 0 Å². The van der Waals surface area contributed by atoms with E-state index >= 15 is 0 Å². The van der Waals surface area contributed by atoms with Crippen LogP contribution in [0, 0.1) is 0 Å². The number of ether oxygens (including phenoxy) is 3. The van der Waals surface area contributed by atoms with Gasteiger partial charge >= 0.3 is 18.2 Å². The van der Waals surface area contributed by atoms with Crippen LogP contribution in [0.2, 0.25) is 0 Å². The first-order chi connectivity index (χ1) is 14.6. The van der Waals surface area contributed by atoms with E-state index in [0.717, 1.165) is 11.1 Å². The number of amides is 2. The van der Waals surface area contributed by atoms with Gasteiger partial charge in [0.15, 0.2) is 6.04 Å². The van der Waals surface area contributed by atoms with E-state index in [-0.39, 0.29) is 19.8 Å². The lowest BCUT2D eigenvalue weighted by molar-refractivity contribution is -0.146. The molecular weight excluding hydrogens is 388 g/mol. The molecule has 0 aliphatic carbocycles. The van der Waals surface area contributed by atoms with Gasteiger partial charge in [-0.1, -0.05) is 60.7 Å². The molecule has 0 aromatic heterocycles. The number of benzene rings is 2. The molecule has 0 bridgehead atoms. The Morgan fingerprint density at radius 3 is 2.07 bits per heavy atom. The lowest BCUT2D eigenvalue weighted by Gasteiger charge is -2.25. The molecule has 0 unspecified atom stereocenters. The number of nitrogens with zero attached hydrogens (tertiary/aromatic N) is 1. The molecular formula is C22H24N2O6. The molecule has 8 nitrogen and oxygen atoms in total. The maximum atomic E-state index is 12.5. The Kier molecular flexibility index (Phi) is 7.26. The highest BCUT2D eigenvalue weighted by Crippen LogP contribution is 2.21. The van der Waals surface area contributed by atoms with E-state index in [2.05, 4.69) is 5.32 Å². The number of hydrogen-bond acceptors (Lipinski definition) is 6. The first-order valence-corrected chi connectivity index (χ1v) is 9.61. The summed E-state index contributed by atoms with van der Waals surface area (Å²) < 4.78 is 15.4. The fourth-order valence-electron chi connectivity index (χ4n) is 3.28. The van der Waals surface area contributed by atoms with E-state index in [9.17, 15) is 14.4 Å². The fourth-order valence-corrected chi connectivity index (χ4v) is 3.28. The van der Waals surface area contributed by atoms with Gasteiger partial charge in [-0.25, -0.2) is 14.4 Å². The van der Waals surface area contributed by atoms with Gasteiger partial charge in [-0.2, -0.15) is 0 Å². The van der Waals surface area contributed by atoms with Crippen molar-refractivity contribution in [1.29, 1.82) is 0 Å². The second-order valence-corrected chi connectivity index (χ2v) is 6.80. The number of nitrogens with one attached hydrogen (secondary N) is 1. The topological polar surface area (TPSA) is 94.2 Å². The Morgan fingerprint density at radius 1 is 0.933 bits per heavy atom. The quantitative estimate of drug-likeness (QED) is 0.579. The Hall–Kier alpha value is -3.55. The van der Waals surface area contributed by atoms with Crippen LogP contribution in [-0.4, -0.2) is 48.8 Å². The maximum Gasteiger partial charge on any atom is 0.410 e. The van der Waals surface area contributed by atoms with Gasteiger partial charge in [0, 0.05) is 6.54 Å². The molecule has 1 heterocycles. The Morgan fingerprint density at radius 2 is 1.50 bits per heavy atom. The smallest absolute Gasteiger partial charge is 0.410 e. The summed E-state index contributed by atoms with van der Waals surface area (Å²) in [7, 11) is 1.24. The summed E-state index contributed by atoms with van der Waals surface area (Å²) in [5, 5.41) is 2.66. The van der Waals surface area contributed by atoms with E-state index in [4.69, 9.17) is 14.2 Å². The zero-order valence-electron chi connectivity index (χ0n) is 16.7. The third-order valence-corrected chi connectivity index (χ3v) is 4.80. The van der Waals surface area contributed by atoms with Crippen molar-refractivity contribution in [1.82, 2.24) is 10.2 Å². The molecule has 0 spiro atoms. The van der Waals surface area contributed by atoms with Crippen LogP contribution in [0.15, 0.2) is 60.7 Å². The van der Waals surface area contributed by atoms with Crippen LogP contribution in [0.1, 0.15) is 17.5 Å². The number of methoxy groups -OCH3 is 1. The van der Waals surface area contributed by atoms with Gasteiger partial charge in [0.25, 0.3) is 0 Å². The lowest BCUT2D eigenvalue weighted by atomic mass is 10.1. The summed E-state index contributed by atoms with van der Waals surface area (Å²) in [6, 6.07) is 16.8. The molecule has 30 heavy (non-hydrogen) atoms. The van der Waals surface area contributed by atoms with Crippen molar-refractivity contribution in [2.75, 3.05) is 13.7 Å². The average Bonchev–Trinajstić information content (AvgIpc) is 3.20. The predicted molar refractivity (Wildman–Crippen MR) is 107 cm³/mol. The summed E-state index contributed by atoms with van der Waals surface area (Å²) in [6.07, 6.45) is -0.936. The second-order valence-electron chi connectivity index (χ2n) is 6.80. The van der Waals surface area contributed by atoms with Crippen molar-refractivity contribution in [3.8, 4) is 0 Å². The number of rotatable bonds is 6. The van der Waals surface area contributed by atoms with Gasteiger partial charge in [0.2, 0.25) is 0 Å². The fraction of sp³-hybridized carbons (Fsp3) is 0.318. The molecule has 8 heteroatoms. The monoisotopic (exact) mass is 412 g/mol. The largest absolute Gasteiger partial charge is 0.467 e. The first kappa shape index (κ1) is 21.2. The van der Waals surface area contributed by atoms with Crippen LogP contribution in [0.3, 0.4) is 0 Å². The SMILES string of the molecule is COC(=O)[C@H]1[C@@H](NC(=O)OCc2ccccc2)CCN1C(=O)OCc1ccccc1. The third kappa shape index (κ3) is 5.50. The highest BCUT2D eigenvalue weighted by Gasteiger charge is 2.44. The van der Waals surface area contributed by atoms with Crippen LogP contribution in [0.4, 0.5) is 9.59 Å². The van der Waals surface area contributed by atoms with Crippen molar-refractivity contribution >= 4 is 18.2 Å². The molecule has 1 fully saturated rings. The summed E-state index contributed by atoms with van der Waals surface area (Å²) >= 11 is 0. The molecule has 0 saturated carbocycles. The number of hydrogen-bond donors (Lipinski definition) is 1. The van der Waals surface area contributed by atoms with Crippen LogP contribution >= 0.6 is 0 Å². The van der Waals surface area contributed by atoms with Crippen LogP contribution < -0.4 is 5.32 Å². The van der Waals surface area contributed by atoms with E-state index in [0.29, 0.717) is 6.42 Å². The summed E-state index contributed by atoms with van der Waals surface area (Å²) in [4.78, 5) is 38.3. The van der Waals surface area contributed by atoms with Gasteiger partial charge in [0.1, 0.15) is 13.2 Å². The van der Waals surface area contributed by atoms with E-state index in [1.54, 1.807) is 0 Å². The van der Waals surface area contributed by atoms with Crippen molar-refractivity contribution in [2.45, 2.75) is 31.7 Å². The third-order valence-electron chi connectivity index (χ3n) is 4.80. The van der Waals surface area contributed by atoms with Crippen LogP contribution in [0.5, 0.6) is 0 Å². The minimum atomic E-state index is -0.984. The highest BCUT2D eigenvalue weighted by molar-refractivity contribution is 5.84. The van der Waals surface area contributed by atoms with Gasteiger partial charge in [-0.15, -0.1) is 0 Å². The minimum absolute atomic E-state index is 0.0846. The van der Waals surface area contributed by atoms with E-state index < -0.39 is 30.2 Å². The van der Waals surface area contributed by atoms with Crippen molar-refractivity contribution in [3.05, 3.63) is 71.8 Å². The Balaban J connectivity index is 1.57. The summed E-state index contributed by atoms with van der Waals surface area (Å²) in [5.41, 5.74) is 1.67. The van der Waals surface area contributed by atoms with Crippen molar-refractivity contribution < 1.29 is 28.6 Å². The van der Waals surface area contributed by atoms with E-state index in [1.165, 1.54) is 12.0 Å². The summed E-state index contributed by atoms with van der Waals surface area (Å²) in [6.45, 7) is 0.434. The first-order valence-electron chi connectivity index (χ1n) is 9.61. The Bertz CT molecular complexity index is 858. The molecule has 158 valence electrons. The zero-order valence-corrected chi connectivity index (χ0v) is 16.7. The molecule has 1 aliphatic heterocycles. The number of carbonyl (C=O) groups excluding carboxylic acids is 3. The molecule has 0 radical (unpaired) electrons. The van der Waals surface area contributed by atoms with Crippen LogP contribution in [0.25, 0.3) is 0 Å². The number of likely N-dealkylation sites (tertiary alicyclic amines) is 1. The van der Waals surface area contributed by atoms with Crippen molar-refractivity contribution in [3.63, 3.8) is 0 Å². The lowest BCUT2D eigenvalue weighted by Crippen LogP contribution is -2.51. The predicted octanol–water partition coefficient (Wildman–Crippen LogP) is 2.87. The molecule has 3 rings (SSSR count). The van der Waals surface area contributed by atoms with Gasteiger partial charge in [-0.3, -0.25) is 4.90 Å². The zero-order chi connectivity index (χ0) is 21.3. The molecule has 2 aromatic carbocycles. The van der Waals surface area contributed by atoms with E-state index in [1.807, 2.05) is 60.7 Å². The van der Waals surface area contributed by atoms with Crippen LogP contribution in [-0.2, 0) is 32.2 Å². The molecule has 1 saturated heterocycles. The second kappa shape index (κ2) is 10.3. The average molecular weight is 412 g/mol. The maximum absolute atomic E-state index is 12.5. The van der Waals surface area contributed by atoms with Gasteiger partial charge in [-0.05, 0) is 17.5 Å². The number of esters is 1.